The molecule has 0 radical (unpaired) electrons. The fraction of sp³-hybridized carbons (Fsp3) is 0.471. The molecule has 0 aromatic heterocycles. The normalized spacial score (nSPS) is 12.9. The molecular weight excluding hydrogens is 260 g/mol. The second-order valence-electron chi connectivity index (χ2n) is 5.25. The Morgan fingerprint density at radius 3 is 2.52 bits per heavy atom. The minimum atomic E-state index is 0.298. The second kappa shape index (κ2) is 9.86. The van der Waals surface area contributed by atoms with E-state index in [0.29, 0.717) is 18.5 Å². The third kappa shape index (κ3) is 6.84. The lowest BCUT2D eigenvalue weighted by Gasteiger charge is -2.22. The van der Waals surface area contributed by atoms with Crippen LogP contribution in [0.1, 0.15) is 20.8 Å². The van der Waals surface area contributed by atoms with Crippen LogP contribution in [0.5, 0.6) is 0 Å². The molecule has 21 heavy (non-hydrogen) atoms. The molecule has 0 spiro atoms. The van der Waals surface area contributed by atoms with Crippen molar-refractivity contribution >= 4 is 11.6 Å². The zero-order chi connectivity index (χ0) is 15.5. The van der Waals surface area contributed by atoms with E-state index >= 15 is 0 Å². The van der Waals surface area contributed by atoms with Crippen molar-refractivity contribution in [3.63, 3.8) is 0 Å². The Bertz CT molecular complexity index is 426. The molecule has 3 N–H and O–H groups in total. The van der Waals surface area contributed by atoms with Gasteiger partial charge in [-0.1, -0.05) is 38.1 Å². The Morgan fingerprint density at radius 1 is 1.24 bits per heavy atom. The molecule has 0 bridgehead atoms. The lowest BCUT2D eigenvalue weighted by Crippen LogP contribution is -2.39. The third-order valence-corrected chi connectivity index (χ3v) is 3.13. The minimum Gasteiger partial charge on any atom is -0.380 e. The van der Waals surface area contributed by atoms with E-state index in [9.17, 15) is 0 Å². The van der Waals surface area contributed by atoms with Crippen LogP contribution in [0.3, 0.4) is 0 Å². The van der Waals surface area contributed by atoms with Gasteiger partial charge in [-0.05, 0) is 25.0 Å². The Morgan fingerprint density at radius 2 is 1.95 bits per heavy atom. The molecule has 0 aliphatic rings. The Balaban J connectivity index is 2.65. The molecule has 4 heteroatoms. The number of aliphatic imine (C=N–C) groups is 1. The van der Waals surface area contributed by atoms with E-state index < -0.39 is 0 Å². The summed E-state index contributed by atoms with van der Waals surface area (Å²) < 4.78 is 0. The lowest BCUT2D eigenvalue weighted by atomic mass is 10.0. The maximum absolute atomic E-state index is 4.65. The van der Waals surface area contributed by atoms with Gasteiger partial charge in [0, 0.05) is 24.8 Å². The van der Waals surface area contributed by atoms with Crippen molar-refractivity contribution in [2.45, 2.75) is 26.8 Å². The number of para-hydroxylation sites is 1. The molecule has 0 saturated carbocycles. The highest BCUT2D eigenvalue weighted by Crippen LogP contribution is 2.12. The monoisotopic (exact) mass is 288 g/mol. The van der Waals surface area contributed by atoms with E-state index in [0.717, 1.165) is 24.7 Å². The molecule has 1 aromatic carbocycles. The first-order valence-corrected chi connectivity index (χ1v) is 7.62. The van der Waals surface area contributed by atoms with Gasteiger partial charge < -0.3 is 16.0 Å². The predicted octanol–water partition coefficient (Wildman–Crippen LogP) is 2.86. The van der Waals surface area contributed by atoms with Crippen LogP contribution >= 0.6 is 0 Å². The van der Waals surface area contributed by atoms with Crippen molar-refractivity contribution in [2.75, 3.05) is 25.0 Å². The molecule has 1 unspecified atom stereocenters. The van der Waals surface area contributed by atoms with Crippen LogP contribution < -0.4 is 16.0 Å². The van der Waals surface area contributed by atoms with Gasteiger partial charge in [-0.15, -0.1) is 6.58 Å². The lowest BCUT2D eigenvalue weighted by molar-refractivity contribution is 0.531. The molecule has 0 amide bonds. The van der Waals surface area contributed by atoms with Gasteiger partial charge >= 0.3 is 0 Å². The molecule has 0 aliphatic heterocycles. The quantitative estimate of drug-likeness (QED) is 0.392. The van der Waals surface area contributed by atoms with Crippen molar-refractivity contribution in [1.29, 1.82) is 0 Å². The zero-order valence-corrected chi connectivity index (χ0v) is 13.4. The van der Waals surface area contributed by atoms with Crippen LogP contribution in [0.2, 0.25) is 0 Å². The first-order valence-electron chi connectivity index (χ1n) is 7.62. The maximum Gasteiger partial charge on any atom is 0.191 e. The number of benzene rings is 1. The van der Waals surface area contributed by atoms with Gasteiger partial charge in [0.15, 0.2) is 5.96 Å². The van der Waals surface area contributed by atoms with Crippen LogP contribution in [0, 0.1) is 5.92 Å². The number of hydrogen-bond donors (Lipinski definition) is 3. The summed E-state index contributed by atoms with van der Waals surface area (Å²) >= 11 is 0. The molecule has 1 aromatic rings. The first kappa shape index (κ1) is 17.1. The van der Waals surface area contributed by atoms with Crippen molar-refractivity contribution in [2.24, 2.45) is 10.9 Å². The second-order valence-corrected chi connectivity index (χ2v) is 5.25. The van der Waals surface area contributed by atoms with Crippen LogP contribution in [0.4, 0.5) is 5.69 Å². The maximum atomic E-state index is 4.65. The van der Waals surface area contributed by atoms with E-state index in [1.165, 1.54) is 0 Å². The van der Waals surface area contributed by atoms with E-state index in [2.05, 4.69) is 60.4 Å². The number of hydrogen-bond acceptors (Lipinski definition) is 2. The highest BCUT2D eigenvalue weighted by Gasteiger charge is 2.12. The number of rotatable bonds is 8. The summed E-state index contributed by atoms with van der Waals surface area (Å²) in [5.74, 6) is 1.33. The molecule has 0 heterocycles. The van der Waals surface area contributed by atoms with E-state index in [-0.39, 0.29) is 0 Å². The summed E-state index contributed by atoms with van der Waals surface area (Å²) in [7, 11) is 0. The summed E-state index contributed by atoms with van der Waals surface area (Å²) in [5.41, 5.74) is 1.13. The first-order chi connectivity index (χ1) is 10.2. The fourth-order valence-corrected chi connectivity index (χ4v) is 1.87. The summed E-state index contributed by atoms with van der Waals surface area (Å²) in [6, 6.07) is 10.6. The molecule has 0 aliphatic carbocycles. The molecule has 0 saturated heterocycles. The Labute approximate surface area is 128 Å². The van der Waals surface area contributed by atoms with Gasteiger partial charge in [0.05, 0.1) is 6.54 Å². The highest BCUT2D eigenvalue weighted by molar-refractivity contribution is 5.79. The minimum absolute atomic E-state index is 0.298. The summed E-state index contributed by atoms with van der Waals surface area (Å²) in [6.07, 6.45) is 1.83. The SMILES string of the molecule is C=CCNC(=NCC(Nc1ccccc1)C(C)C)NCC. The third-order valence-electron chi connectivity index (χ3n) is 3.13. The smallest absolute Gasteiger partial charge is 0.191 e. The largest absolute Gasteiger partial charge is 0.380 e. The van der Waals surface area contributed by atoms with Crippen molar-refractivity contribution in [3.05, 3.63) is 43.0 Å². The van der Waals surface area contributed by atoms with Gasteiger partial charge in [-0.25, -0.2) is 0 Å². The fourth-order valence-electron chi connectivity index (χ4n) is 1.87. The molecule has 116 valence electrons. The zero-order valence-electron chi connectivity index (χ0n) is 13.4. The summed E-state index contributed by atoms with van der Waals surface area (Å²) in [4.78, 5) is 4.65. The van der Waals surface area contributed by atoms with Crippen LogP contribution in [-0.4, -0.2) is 31.6 Å². The highest BCUT2D eigenvalue weighted by atomic mass is 15.2. The number of anilines is 1. The van der Waals surface area contributed by atoms with Crippen molar-refractivity contribution in [1.82, 2.24) is 10.6 Å². The van der Waals surface area contributed by atoms with Gasteiger partial charge in [0.25, 0.3) is 0 Å². The Hall–Kier alpha value is -1.97. The summed E-state index contributed by atoms with van der Waals surface area (Å²) in [6.45, 7) is 12.5. The molecule has 1 atom stereocenters. The van der Waals surface area contributed by atoms with Gasteiger partial charge in [-0.2, -0.15) is 0 Å². The van der Waals surface area contributed by atoms with Crippen molar-refractivity contribution in [3.8, 4) is 0 Å². The molecule has 1 rings (SSSR count). The van der Waals surface area contributed by atoms with Crippen LogP contribution in [0.25, 0.3) is 0 Å². The van der Waals surface area contributed by atoms with Gasteiger partial charge in [0.1, 0.15) is 0 Å². The topological polar surface area (TPSA) is 48.5 Å². The average molecular weight is 288 g/mol. The van der Waals surface area contributed by atoms with Gasteiger partial charge in [0.2, 0.25) is 0 Å². The van der Waals surface area contributed by atoms with Crippen LogP contribution in [0.15, 0.2) is 48.0 Å². The Kier molecular flexibility index (Phi) is 8.02. The van der Waals surface area contributed by atoms with E-state index in [1.54, 1.807) is 0 Å². The molecule has 4 nitrogen and oxygen atoms in total. The van der Waals surface area contributed by atoms with E-state index in [1.807, 2.05) is 24.3 Å². The predicted molar refractivity (Wildman–Crippen MR) is 92.9 cm³/mol. The van der Waals surface area contributed by atoms with Crippen molar-refractivity contribution < 1.29 is 0 Å². The number of guanidine groups is 1. The average Bonchev–Trinajstić information content (AvgIpc) is 2.49. The van der Waals surface area contributed by atoms with Gasteiger partial charge in [-0.3, -0.25) is 4.99 Å². The van der Waals surface area contributed by atoms with Crippen LogP contribution in [-0.2, 0) is 0 Å². The number of nitrogens with one attached hydrogen (secondary N) is 3. The molecular formula is C17H28N4. The summed E-state index contributed by atoms with van der Waals surface area (Å²) in [5, 5.41) is 10.0. The van der Waals surface area contributed by atoms with E-state index in [4.69, 9.17) is 0 Å². The molecule has 0 fully saturated rings. The standard InChI is InChI=1S/C17H28N4/c1-5-12-19-17(18-6-2)20-13-16(14(3)4)21-15-10-8-7-9-11-15/h5,7-11,14,16,21H,1,6,12-13H2,2-4H3,(H2,18,19,20). The number of nitrogens with zero attached hydrogens (tertiary/aromatic N) is 1.